The van der Waals surface area contributed by atoms with Crippen molar-refractivity contribution in [2.75, 3.05) is 0 Å². The Hall–Kier alpha value is -1.42. The Bertz CT molecular complexity index is 635. The Kier molecular flexibility index (Phi) is 3.39. The van der Waals surface area contributed by atoms with Gasteiger partial charge in [-0.25, -0.2) is 4.98 Å². The van der Waals surface area contributed by atoms with Crippen LogP contribution in [0.2, 0.25) is 0 Å². The molecule has 0 saturated heterocycles. The Morgan fingerprint density at radius 3 is 2.53 bits per heavy atom. The van der Waals surface area contributed by atoms with Crippen molar-refractivity contribution in [3.63, 3.8) is 0 Å². The van der Waals surface area contributed by atoms with Gasteiger partial charge in [0.1, 0.15) is 5.65 Å². The lowest BCUT2D eigenvalue weighted by atomic mass is 9.87. The molecule has 0 saturated carbocycles. The molecule has 2 aromatic heterocycles. The molecule has 0 fully saturated rings. The minimum atomic E-state index is -0.0334. The van der Waals surface area contributed by atoms with Crippen LogP contribution in [-0.2, 0) is 5.41 Å². The second-order valence-electron chi connectivity index (χ2n) is 6.15. The largest absolute Gasteiger partial charge is 0.393 e. The van der Waals surface area contributed by atoms with Gasteiger partial charge in [-0.15, -0.1) is 0 Å². The van der Waals surface area contributed by atoms with Crippen molar-refractivity contribution >= 4 is 22.9 Å². The topological polar surface area (TPSA) is 43.3 Å². The van der Waals surface area contributed by atoms with Crippen LogP contribution in [0, 0.1) is 6.92 Å². The second kappa shape index (κ2) is 4.60. The first-order valence-electron chi connectivity index (χ1n) is 6.50. The molecule has 19 heavy (non-hydrogen) atoms. The molecule has 0 aliphatic carbocycles. The van der Waals surface area contributed by atoms with E-state index in [1.165, 1.54) is 5.56 Å². The van der Waals surface area contributed by atoms with Gasteiger partial charge in [0.15, 0.2) is 0 Å². The fourth-order valence-electron chi connectivity index (χ4n) is 2.27. The first-order chi connectivity index (χ1) is 8.71. The molecule has 1 unspecified atom stereocenters. The molecule has 4 heteroatoms. The summed E-state index contributed by atoms with van der Waals surface area (Å²) in [5, 5.41) is 0. The van der Waals surface area contributed by atoms with Crippen molar-refractivity contribution in [1.29, 1.82) is 0 Å². The van der Waals surface area contributed by atoms with E-state index in [2.05, 4.69) is 44.4 Å². The molecular weight excluding hydrogens is 254 g/mol. The first kappa shape index (κ1) is 14.0. The molecule has 0 amide bonds. The van der Waals surface area contributed by atoms with Crippen LogP contribution >= 0.6 is 12.2 Å². The number of aryl methyl sites for hydroxylation is 1. The molecule has 2 N–H and O–H groups in total. The van der Waals surface area contributed by atoms with E-state index in [9.17, 15) is 0 Å². The van der Waals surface area contributed by atoms with Crippen LogP contribution in [0.15, 0.2) is 18.3 Å². The highest BCUT2D eigenvalue weighted by Crippen LogP contribution is 2.31. The number of fused-ring (bicyclic) bond motifs is 1. The van der Waals surface area contributed by atoms with Crippen LogP contribution in [0.25, 0.3) is 5.65 Å². The van der Waals surface area contributed by atoms with Crippen LogP contribution in [0.5, 0.6) is 0 Å². The van der Waals surface area contributed by atoms with Gasteiger partial charge in [0.2, 0.25) is 0 Å². The molecule has 0 aromatic carbocycles. The van der Waals surface area contributed by atoms with E-state index >= 15 is 0 Å². The minimum absolute atomic E-state index is 0.0148. The molecule has 2 heterocycles. The summed E-state index contributed by atoms with van der Waals surface area (Å²) >= 11 is 5.18. The van der Waals surface area contributed by atoms with Gasteiger partial charge in [-0.3, -0.25) is 0 Å². The predicted octanol–water partition coefficient (Wildman–Crippen LogP) is 3.33. The van der Waals surface area contributed by atoms with Crippen molar-refractivity contribution in [3.8, 4) is 0 Å². The maximum Gasteiger partial charge on any atom is 0.137 e. The average molecular weight is 275 g/mol. The second-order valence-corrected chi connectivity index (χ2v) is 6.63. The van der Waals surface area contributed by atoms with Crippen molar-refractivity contribution in [2.45, 2.75) is 46.0 Å². The fraction of sp³-hybridized carbons (Fsp3) is 0.467. The number of rotatable bonds is 2. The van der Waals surface area contributed by atoms with Crippen LogP contribution < -0.4 is 5.73 Å². The number of nitrogens with two attached hydrogens (primary N) is 1. The maximum absolute atomic E-state index is 5.86. The third-order valence-electron chi connectivity index (χ3n) is 3.35. The van der Waals surface area contributed by atoms with Crippen molar-refractivity contribution in [1.82, 2.24) is 9.38 Å². The highest BCUT2D eigenvalue weighted by atomic mass is 32.1. The van der Waals surface area contributed by atoms with Crippen LogP contribution in [0.3, 0.4) is 0 Å². The molecular formula is C15H21N3S. The lowest BCUT2D eigenvalue weighted by Gasteiger charge is -2.21. The van der Waals surface area contributed by atoms with Gasteiger partial charge in [0, 0.05) is 17.5 Å². The number of nitrogens with zero attached hydrogens (tertiary/aromatic N) is 2. The van der Waals surface area contributed by atoms with Gasteiger partial charge in [-0.05, 0) is 18.6 Å². The summed E-state index contributed by atoms with van der Waals surface area (Å²) in [6.45, 7) is 10.6. The van der Waals surface area contributed by atoms with E-state index in [4.69, 9.17) is 22.9 Å². The molecule has 0 aliphatic heterocycles. The average Bonchev–Trinajstić information content (AvgIpc) is 2.65. The summed E-state index contributed by atoms with van der Waals surface area (Å²) in [4.78, 5) is 5.28. The zero-order valence-corrected chi connectivity index (χ0v) is 13.0. The van der Waals surface area contributed by atoms with Crippen molar-refractivity contribution in [3.05, 3.63) is 35.3 Å². The van der Waals surface area contributed by atoms with E-state index < -0.39 is 0 Å². The molecule has 3 nitrogen and oxygen atoms in total. The number of hydrogen-bond acceptors (Lipinski definition) is 2. The van der Waals surface area contributed by atoms with Gasteiger partial charge in [0.05, 0.1) is 16.4 Å². The number of imidazole rings is 1. The van der Waals surface area contributed by atoms with Gasteiger partial charge in [-0.2, -0.15) is 0 Å². The zero-order chi connectivity index (χ0) is 14.4. The number of aromatic nitrogens is 2. The minimum Gasteiger partial charge on any atom is -0.393 e. The predicted molar refractivity (Wildman–Crippen MR) is 83.8 cm³/mol. The molecule has 1 atom stereocenters. The fourth-order valence-corrected chi connectivity index (χ4v) is 2.38. The summed E-state index contributed by atoms with van der Waals surface area (Å²) in [5.74, 6) is 0.0148. The van der Waals surface area contributed by atoms with E-state index in [1.54, 1.807) is 0 Å². The molecule has 0 spiro atoms. The molecule has 2 aromatic rings. The van der Waals surface area contributed by atoms with E-state index in [0.717, 1.165) is 17.0 Å². The quantitative estimate of drug-likeness (QED) is 0.855. The summed E-state index contributed by atoms with van der Waals surface area (Å²) in [5.41, 5.74) is 10.2. The Labute approximate surface area is 119 Å². The lowest BCUT2D eigenvalue weighted by molar-refractivity contribution is 0.563. The van der Waals surface area contributed by atoms with Crippen LogP contribution in [0.1, 0.15) is 50.6 Å². The molecule has 2 rings (SSSR count). The van der Waals surface area contributed by atoms with Gasteiger partial charge in [0.25, 0.3) is 0 Å². The van der Waals surface area contributed by atoms with Crippen LogP contribution in [-0.4, -0.2) is 14.4 Å². The van der Waals surface area contributed by atoms with E-state index in [0.29, 0.717) is 4.99 Å². The lowest BCUT2D eigenvalue weighted by Crippen LogP contribution is -2.23. The third-order valence-corrected chi connectivity index (χ3v) is 3.70. The van der Waals surface area contributed by atoms with E-state index in [1.807, 2.05) is 13.0 Å². The number of pyridine rings is 1. The third kappa shape index (κ3) is 2.50. The number of hydrogen-bond donors (Lipinski definition) is 1. The summed E-state index contributed by atoms with van der Waals surface area (Å²) in [6, 6.07) is 4.12. The van der Waals surface area contributed by atoms with Crippen molar-refractivity contribution in [2.24, 2.45) is 5.73 Å². The van der Waals surface area contributed by atoms with Gasteiger partial charge >= 0.3 is 0 Å². The Morgan fingerprint density at radius 1 is 1.37 bits per heavy atom. The standard InChI is InChI=1S/C15H21N3S/c1-9-6-7-11-17-13(15(3,4)5)12(18(11)8-9)10(2)14(16)19/h6-8,10H,1-5H3,(H2,16,19). The van der Waals surface area contributed by atoms with Crippen LogP contribution in [0.4, 0.5) is 0 Å². The number of thiocarbonyl (C=S) groups is 1. The molecule has 0 bridgehead atoms. The summed E-state index contributed by atoms with van der Waals surface area (Å²) in [6.07, 6.45) is 2.10. The highest BCUT2D eigenvalue weighted by Gasteiger charge is 2.27. The Morgan fingerprint density at radius 2 is 2.00 bits per heavy atom. The highest BCUT2D eigenvalue weighted by molar-refractivity contribution is 7.80. The Balaban J connectivity index is 2.81. The first-order valence-corrected chi connectivity index (χ1v) is 6.91. The van der Waals surface area contributed by atoms with Gasteiger partial charge in [-0.1, -0.05) is 46.0 Å². The SMILES string of the molecule is Cc1ccc2nc(C(C)(C)C)c(C(C)C(N)=S)n2c1. The molecule has 102 valence electrons. The van der Waals surface area contributed by atoms with Gasteiger partial charge < -0.3 is 10.1 Å². The van der Waals surface area contributed by atoms with E-state index in [-0.39, 0.29) is 11.3 Å². The summed E-state index contributed by atoms with van der Waals surface area (Å²) < 4.78 is 2.12. The normalized spacial score (nSPS) is 13.7. The summed E-state index contributed by atoms with van der Waals surface area (Å²) in [7, 11) is 0. The van der Waals surface area contributed by atoms with Crippen molar-refractivity contribution < 1.29 is 0 Å². The monoisotopic (exact) mass is 275 g/mol. The molecule has 0 aliphatic rings. The molecule has 0 radical (unpaired) electrons. The maximum atomic E-state index is 5.86. The smallest absolute Gasteiger partial charge is 0.137 e. The zero-order valence-electron chi connectivity index (χ0n) is 12.2.